The van der Waals surface area contributed by atoms with Crippen molar-refractivity contribution in [2.24, 2.45) is 0 Å². The molecule has 1 aliphatic rings. The Bertz CT molecular complexity index is 1230. The highest BCUT2D eigenvalue weighted by molar-refractivity contribution is 5.92. The van der Waals surface area contributed by atoms with E-state index in [4.69, 9.17) is 4.98 Å². The molecule has 3 nitrogen and oxygen atoms in total. The number of aromatic nitrogens is 1. The molecule has 1 aliphatic heterocycles. The van der Waals surface area contributed by atoms with Gasteiger partial charge in [-0.2, -0.15) is 0 Å². The molecule has 0 saturated carbocycles. The van der Waals surface area contributed by atoms with Crippen LogP contribution >= 0.6 is 0 Å². The fourth-order valence-electron chi connectivity index (χ4n) is 4.98. The highest BCUT2D eigenvalue weighted by Crippen LogP contribution is 2.43. The normalized spacial score (nSPS) is 15.3. The Morgan fingerprint density at radius 2 is 1.15 bits per heavy atom. The van der Waals surface area contributed by atoms with E-state index in [0.717, 1.165) is 11.4 Å². The van der Waals surface area contributed by atoms with E-state index in [1.165, 1.54) is 39.2 Å². The predicted molar refractivity (Wildman–Crippen MR) is 139 cm³/mol. The maximum Gasteiger partial charge on any atom is 0.107 e. The second-order valence-corrected chi connectivity index (χ2v) is 8.69. The van der Waals surface area contributed by atoms with Crippen molar-refractivity contribution < 1.29 is 0 Å². The first-order valence-electron chi connectivity index (χ1n) is 11.5. The van der Waals surface area contributed by atoms with Gasteiger partial charge in [-0.25, -0.2) is 0 Å². The van der Waals surface area contributed by atoms with Crippen LogP contribution in [-0.2, 0) is 0 Å². The second-order valence-electron chi connectivity index (χ2n) is 8.69. The monoisotopic (exact) mass is 431 g/mol. The summed E-state index contributed by atoms with van der Waals surface area (Å²) in [6.07, 6.45) is 4.50. The van der Waals surface area contributed by atoms with E-state index in [0.29, 0.717) is 0 Å². The summed E-state index contributed by atoms with van der Waals surface area (Å²) in [6.45, 7) is 8.59. The van der Waals surface area contributed by atoms with Gasteiger partial charge in [-0.15, -0.1) is 0 Å². The summed E-state index contributed by atoms with van der Waals surface area (Å²) in [6, 6.07) is 30.1. The lowest BCUT2D eigenvalue weighted by Gasteiger charge is -2.34. The number of aryl methyl sites for hydroxylation is 3. The number of para-hydroxylation sites is 1. The molecule has 0 amide bonds. The Morgan fingerprint density at radius 1 is 0.636 bits per heavy atom. The minimum atomic E-state index is 0.110. The molecule has 0 aliphatic carbocycles. The molecule has 0 fully saturated rings. The van der Waals surface area contributed by atoms with Crippen LogP contribution in [0.3, 0.4) is 0 Å². The summed E-state index contributed by atoms with van der Waals surface area (Å²) in [5, 5.41) is 0. The van der Waals surface area contributed by atoms with Crippen molar-refractivity contribution in [3.63, 3.8) is 0 Å². The number of rotatable bonds is 4. The van der Waals surface area contributed by atoms with Crippen LogP contribution in [0.5, 0.6) is 0 Å². The zero-order chi connectivity index (χ0) is 22.9. The molecular formula is C30H29N3. The van der Waals surface area contributed by atoms with E-state index < -0.39 is 0 Å². The third-order valence-electron chi connectivity index (χ3n) is 6.40. The smallest absolute Gasteiger partial charge is 0.107 e. The van der Waals surface area contributed by atoms with E-state index in [1.807, 2.05) is 0 Å². The van der Waals surface area contributed by atoms with E-state index in [2.05, 4.69) is 135 Å². The molecule has 3 heteroatoms. The Kier molecular flexibility index (Phi) is 5.47. The molecule has 0 N–H and O–H groups in total. The summed E-state index contributed by atoms with van der Waals surface area (Å²) in [7, 11) is 0. The van der Waals surface area contributed by atoms with E-state index in [9.17, 15) is 0 Å². The minimum Gasteiger partial charge on any atom is -0.324 e. The maximum absolute atomic E-state index is 4.75. The van der Waals surface area contributed by atoms with Crippen molar-refractivity contribution in [2.45, 2.75) is 33.9 Å². The molecule has 0 radical (unpaired) electrons. The van der Waals surface area contributed by atoms with Crippen molar-refractivity contribution >= 4 is 11.4 Å². The van der Waals surface area contributed by atoms with E-state index >= 15 is 0 Å². The fourth-order valence-corrected chi connectivity index (χ4v) is 4.98. The highest BCUT2D eigenvalue weighted by Gasteiger charge is 2.30. The average Bonchev–Trinajstić information content (AvgIpc) is 3.19. The third-order valence-corrected chi connectivity index (χ3v) is 6.40. The maximum atomic E-state index is 4.75. The van der Waals surface area contributed by atoms with Crippen LogP contribution in [0.15, 0.2) is 97.3 Å². The van der Waals surface area contributed by atoms with Gasteiger partial charge in [0.05, 0.1) is 17.1 Å². The summed E-state index contributed by atoms with van der Waals surface area (Å²) in [4.78, 5) is 9.48. The molecule has 0 spiro atoms. The largest absolute Gasteiger partial charge is 0.324 e. The standard InChI is InChI=1S/C30H29N3/c1-21-20-22(2)31-23(3)29(21)32-18-19-33(24(32)4)30-27(25-12-7-5-8-13-25)16-11-17-28(30)26-14-9-6-10-15-26/h5-20,24H,1-4H3/t24-/m0/s1. The average molecular weight is 432 g/mol. The highest BCUT2D eigenvalue weighted by atomic mass is 15.4. The lowest BCUT2D eigenvalue weighted by Crippen LogP contribution is -2.37. The molecule has 1 atom stereocenters. The topological polar surface area (TPSA) is 19.4 Å². The summed E-state index contributed by atoms with van der Waals surface area (Å²) >= 11 is 0. The lowest BCUT2D eigenvalue weighted by molar-refractivity contribution is 0.744. The van der Waals surface area contributed by atoms with Gasteiger partial charge in [0.25, 0.3) is 0 Å². The third kappa shape index (κ3) is 3.80. The molecule has 3 aromatic carbocycles. The van der Waals surface area contributed by atoms with Gasteiger partial charge < -0.3 is 9.80 Å². The molecular weight excluding hydrogens is 402 g/mol. The van der Waals surface area contributed by atoms with Crippen LogP contribution in [0.4, 0.5) is 11.4 Å². The Labute approximate surface area is 196 Å². The summed E-state index contributed by atoms with van der Waals surface area (Å²) in [5.74, 6) is 0. The molecule has 5 rings (SSSR count). The van der Waals surface area contributed by atoms with Gasteiger partial charge in [0, 0.05) is 29.2 Å². The first kappa shape index (κ1) is 21.0. The molecule has 1 aromatic heterocycles. The van der Waals surface area contributed by atoms with Gasteiger partial charge >= 0.3 is 0 Å². The molecule has 0 unspecified atom stereocenters. The second kappa shape index (κ2) is 8.59. The number of nitrogens with zero attached hydrogens (tertiary/aromatic N) is 3. The van der Waals surface area contributed by atoms with Gasteiger partial charge in [0.2, 0.25) is 0 Å². The van der Waals surface area contributed by atoms with Gasteiger partial charge in [-0.05, 0) is 50.5 Å². The molecule has 164 valence electrons. The molecule has 0 saturated heterocycles. The fraction of sp³-hybridized carbons (Fsp3) is 0.167. The number of pyridine rings is 1. The zero-order valence-corrected chi connectivity index (χ0v) is 19.7. The van der Waals surface area contributed by atoms with Crippen LogP contribution in [-0.4, -0.2) is 11.1 Å². The van der Waals surface area contributed by atoms with Crippen LogP contribution in [0, 0.1) is 20.8 Å². The van der Waals surface area contributed by atoms with Gasteiger partial charge in [-0.1, -0.05) is 78.9 Å². The first-order chi connectivity index (χ1) is 16.0. The lowest BCUT2D eigenvalue weighted by atomic mass is 9.95. The molecule has 0 bridgehead atoms. The number of hydrogen-bond acceptors (Lipinski definition) is 3. The quantitative estimate of drug-likeness (QED) is 0.334. The van der Waals surface area contributed by atoms with Crippen LogP contribution in [0.2, 0.25) is 0 Å². The molecule has 2 heterocycles. The van der Waals surface area contributed by atoms with Crippen LogP contribution in [0.25, 0.3) is 22.3 Å². The van der Waals surface area contributed by atoms with Crippen molar-refractivity contribution in [3.8, 4) is 22.3 Å². The first-order valence-corrected chi connectivity index (χ1v) is 11.5. The van der Waals surface area contributed by atoms with Gasteiger partial charge in [-0.3, -0.25) is 4.98 Å². The van der Waals surface area contributed by atoms with Gasteiger partial charge in [0.1, 0.15) is 6.17 Å². The SMILES string of the molecule is Cc1cc(C)c(N2C=CN(c3c(-c4ccccc4)cccc3-c3ccccc3)[C@H]2C)c(C)n1. The number of benzene rings is 3. The van der Waals surface area contributed by atoms with Crippen molar-refractivity contribution in [1.82, 2.24) is 4.98 Å². The van der Waals surface area contributed by atoms with E-state index in [-0.39, 0.29) is 6.17 Å². The Morgan fingerprint density at radius 3 is 1.67 bits per heavy atom. The Hall–Kier alpha value is -3.85. The summed E-state index contributed by atoms with van der Waals surface area (Å²) < 4.78 is 0. The van der Waals surface area contributed by atoms with Crippen molar-refractivity contribution in [1.29, 1.82) is 0 Å². The molecule has 4 aromatic rings. The van der Waals surface area contributed by atoms with Crippen LogP contribution < -0.4 is 9.80 Å². The summed E-state index contributed by atoms with van der Waals surface area (Å²) in [5.41, 5.74) is 10.7. The van der Waals surface area contributed by atoms with E-state index in [1.54, 1.807) is 0 Å². The van der Waals surface area contributed by atoms with Gasteiger partial charge in [0.15, 0.2) is 0 Å². The number of hydrogen-bond donors (Lipinski definition) is 0. The van der Waals surface area contributed by atoms with Crippen LogP contribution in [0.1, 0.15) is 23.9 Å². The van der Waals surface area contributed by atoms with Crippen molar-refractivity contribution in [2.75, 3.05) is 9.80 Å². The minimum absolute atomic E-state index is 0.110. The zero-order valence-electron chi connectivity index (χ0n) is 19.7. The Balaban J connectivity index is 1.66. The van der Waals surface area contributed by atoms with Crippen molar-refractivity contribution in [3.05, 3.63) is 114 Å². The number of anilines is 2. The predicted octanol–water partition coefficient (Wildman–Crippen LogP) is 7.48. The molecule has 33 heavy (non-hydrogen) atoms.